The fraction of sp³-hybridized carbons (Fsp3) is 0.154. The Morgan fingerprint density at radius 2 is 1.81 bits per heavy atom. The Labute approximate surface area is 227 Å². The SMILES string of the molecule is COc1ccc(-c2ccnc3c2c(C)nn3CC(=O)Nc2nn(Cc3ccc(Cl)cc3Cl)cc2Cl)cc1. The number of nitrogens with zero attached hydrogens (tertiary/aromatic N) is 5. The van der Waals surface area contributed by atoms with Gasteiger partial charge in [-0.15, -0.1) is 0 Å². The van der Waals surface area contributed by atoms with Crippen LogP contribution in [0.5, 0.6) is 5.75 Å². The van der Waals surface area contributed by atoms with Gasteiger partial charge in [-0.3, -0.25) is 9.48 Å². The van der Waals surface area contributed by atoms with E-state index in [0.717, 1.165) is 33.5 Å². The molecule has 11 heteroatoms. The number of halogens is 3. The van der Waals surface area contributed by atoms with Crippen LogP contribution < -0.4 is 10.1 Å². The van der Waals surface area contributed by atoms with E-state index in [0.29, 0.717) is 27.3 Å². The Balaban J connectivity index is 1.35. The number of methoxy groups -OCH3 is 1. The number of nitrogens with one attached hydrogen (secondary N) is 1. The Morgan fingerprint density at radius 3 is 2.54 bits per heavy atom. The van der Waals surface area contributed by atoms with E-state index in [2.05, 4.69) is 20.5 Å². The number of hydrogen-bond donors (Lipinski definition) is 1. The van der Waals surface area contributed by atoms with Crippen LogP contribution in [-0.2, 0) is 17.9 Å². The molecule has 1 N–H and O–H groups in total. The van der Waals surface area contributed by atoms with Crippen molar-refractivity contribution in [3.8, 4) is 16.9 Å². The molecule has 0 atom stereocenters. The van der Waals surface area contributed by atoms with E-state index < -0.39 is 0 Å². The highest BCUT2D eigenvalue weighted by Crippen LogP contribution is 2.31. The second-order valence-corrected chi connectivity index (χ2v) is 9.59. The lowest BCUT2D eigenvalue weighted by Crippen LogP contribution is -2.20. The van der Waals surface area contributed by atoms with Crippen molar-refractivity contribution >= 4 is 57.6 Å². The van der Waals surface area contributed by atoms with Crippen LogP contribution in [0.15, 0.2) is 60.9 Å². The van der Waals surface area contributed by atoms with Crippen molar-refractivity contribution in [2.24, 2.45) is 0 Å². The van der Waals surface area contributed by atoms with Crippen LogP contribution in [-0.4, -0.2) is 37.6 Å². The molecule has 0 bridgehead atoms. The minimum absolute atomic E-state index is 0.0599. The normalized spacial score (nSPS) is 11.2. The summed E-state index contributed by atoms with van der Waals surface area (Å²) >= 11 is 18.6. The third-order valence-electron chi connectivity index (χ3n) is 5.82. The lowest BCUT2D eigenvalue weighted by Gasteiger charge is -2.07. The first-order valence-corrected chi connectivity index (χ1v) is 12.4. The van der Waals surface area contributed by atoms with E-state index in [4.69, 9.17) is 39.5 Å². The molecule has 0 aliphatic carbocycles. The Hall–Kier alpha value is -3.59. The Bertz CT molecular complexity index is 1610. The summed E-state index contributed by atoms with van der Waals surface area (Å²) in [5.74, 6) is 0.685. The summed E-state index contributed by atoms with van der Waals surface area (Å²) in [5.41, 5.74) is 4.16. The van der Waals surface area contributed by atoms with Crippen LogP contribution in [0.25, 0.3) is 22.2 Å². The number of benzene rings is 2. The highest BCUT2D eigenvalue weighted by molar-refractivity contribution is 6.35. The fourth-order valence-corrected chi connectivity index (χ4v) is 4.76. The third kappa shape index (κ3) is 5.27. The molecule has 3 aromatic heterocycles. The maximum absolute atomic E-state index is 12.9. The van der Waals surface area contributed by atoms with E-state index in [1.165, 1.54) is 0 Å². The maximum atomic E-state index is 12.9. The number of ether oxygens (including phenoxy) is 1. The molecule has 37 heavy (non-hydrogen) atoms. The number of rotatable bonds is 7. The number of anilines is 1. The lowest BCUT2D eigenvalue weighted by atomic mass is 10.0. The van der Waals surface area contributed by atoms with Gasteiger partial charge in [0.1, 0.15) is 17.3 Å². The van der Waals surface area contributed by atoms with E-state index >= 15 is 0 Å². The molecule has 0 aliphatic rings. The van der Waals surface area contributed by atoms with Gasteiger partial charge in [-0.25, -0.2) is 9.67 Å². The largest absolute Gasteiger partial charge is 0.497 e. The van der Waals surface area contributed by atoms with Crippen LogP contribution in [0.1, 0.15) is 11.3 Å². The molecular formula is C26H21Cl3N6O2. The topological polar surface area (TPSA) is 86.9 Å². The molecule has 3 heterocycles. The number of aryl methyl sites for hydroxylation is 1. The average molecular weight is 556 g/mol. The lowest BCUT2D eigenvalue weighted by molar-refractivity contribution is -0.116. The first-order chi connectivity index (χ1) is 17.8. The summed E-state index contributed by atoms with van der Waals surface area (Å²) in [6.45, 7) is 2.20. The summed E-state index contributed by atoms with van der Waals surface area (Å²) < 4.78 is 8.44. The first kappa shape index (κ1) is 25.1. The van der Waals surface area contributed by atoms with Crippen molar-refractivity contribution in [3.05, 3.63) is 87.2 Å². The molecule has 1 amide bonds. The highest BCUT2D eigenvalue weighted by atomic mass is 35.5. The summed E-state index contributed by atoms with van der Waals surface area (Å²) in [6, 6.07) is 14.9. The Morgan fingerprint density at radius 1 is 1.03 bits per heavy atom. The van der Waals surface area contributed by atoms with Crippen molar-refractivity contribution in [3.63, 3.8) is 0 Å². The fourth-order valence-electron chi connectivity index (χ4n) is 4.10. The summed E-state index contributed by atoms with van der Waals surface area (Å²) in [5, 5.41) is 14.0. The van der Waals surface area contributed by atoms with Gasteiger partial charge in [-0.2, -0.15) is 10.2 Å². The molecular weight excluding hydrogens is 535 g/mol. The van der Waals surface area contributed by atoms with Crippen LogP contribution >= 0.6 is 34.8 Å². The van der Waals surface area contributed by atoms with Crippen molar-refractivity contribution in [2.75, 3.05) is 12.4 Å². The third-order valence-corrected chi connectivity index (χ3v) is 6.69. The highest BCUT2D eigenvalue weighted by Gasteiger charge is 2.18. The van der Waals surface area contributed by atoms with Crippen molar-refractivity contribution in [1.29, 1.82) is 0 Å². The van der Waals surface area contributed by atoms with Crippen molar-refractivity contribution < 1.29 is 9.53 Å². The van der Waals surface area contributed by atoms with Gasteiger partial charge in [0.25, 0.3) is 0 Å². The van der Waals surface area contributed by atoms with Gasteiger partial charge in [0.15, 0.2) is 11.5 Å². The molecule has 0 aliphatic heterocycles. The van der Waals surface area contributed by atoms with Gasteiger partial charge >= 0.3 is 0 Å². The Kier molecular flexibility index (Phi) is 7.06. The molecule has 5 rings (SSSR count). The molecule has 188 valence electrons. The zero-order valence-electron chi connectivity index (χ0n) is 19.9. The summed E-state index contributed by atoms with van der Waals surface area (Å²) in [4.78, 5) is 17.4. The molecule has 2 aromatic carbocycles. The zero-order valence-corrected chi connectivity index (χ0v) is 22.1. The van der Waals surface area contributed by atoms with Gasteiger partial charge in [-0.05, 0) is 53.9 Å². The quantitative estimate of drug-likeness (QED) is 0.256. The minimum atomic E-state index is -0.335. The number of aromatic nitrogens is 5. The average Bonchev–Trinajstić information content (AvgIpc) is 3.39. The zero-order chi connectivity index (χ0) is 26.1. The maximum Gasteiger partial charge on any atom is 0.247 e. The predicted octanol–water partition coefficient (Wildman–Crippen LogP) is 6.26. The van der Waals surface area contributed by atoms with Gasteiger partial charge < -0.3 is 10.1 Å². The number of amides is 1. The van der Waals surface area contributed by atoms with E-state index in [1.54, 1.807) is 41.0 Å². The molecule has 8 nitrogen and oxygen atoms in total. The van der Waals surface area contributed by atoms with Gasteiger partial charge in [-0.1, -0.05) is 53.0 Å². The number of carbonyl (C=O) groups is 1. The summed E-state index contributed by atoms with van der Waals surface area (Å²) in [7, 11) is 1.63. The smallest absolute Gasteiger partial charge is 0.247 e. The van der Waals surface area contributed by atoms with Gasteiger partial charge in [0, 0.05) is 27.8 Å². The second-order valence-electron chi connectivity index (χ2n) is 8.34. The van der Waals surface area contributed by atoms with Crippen LogP contribution in [0.4, 0.5) is 5.82 Å². The van der Waals surface area contributed by atoms with Crippen molar-refractivity contribution in [1.82, 2.24) is 24.5 Å². The monoisotopic (exact) mass is 554 g/mol. The molecule has 0 saturated carbocycles. The first-order valence-electron chi connectivity index (χ1n) is 11.3. The van der Waals surface area contributed by atoms with Gasteiger partial charge in [0.2, 0.25) is 5.91 Å². The van der Waals surface area contributed by atoms with Crippen LogP contribution in [0.3, 0.4) is 0 Å². The summed E-state index contributed by atoms with van der Waals surface area (Å²) in [6.07, 6.45) is 3.33. The molecule has 0 fully saturated rings. The van der Waals surface area contributed by atoms with Crippen molar-refractivity contribution in [2.45, 2.75) is 20.0 Å². The molecule has 0 unspecified atom stereocenters. The number of pyridine rings is 1. The van der Waals surface area contributed by atoms with Gasteiger partial charge in [0.05, 0.1) is 19.3 Å². The number of fused-ring (bicyclic) bond motifs is 1. The van der Waals surface area contributed by atoms with Crippen LogP contribution in [0.2, 0.25) is 15.1 Å². The molecule has 0 saturated heterocycles. The van der Waals surface area contributed by atoms with E-state index in [1.807, 2.05) is 43.3 Å². The molecule has 0 radical (unpaired) electrons. The number of hydrogen-bond acceptors (Lipinski definition) is 5. The van der Waals surface area contributed by atoms with E-state index in [-0.39, 0.29) is 18.3 Å². The van der Waals surface area contributed by atoms with Crippen LogP contribution in [0, 0.1) is 6.92 Å². The number of carbonyl (C=O) groups excluding carboxylic acids is 1. The molecule has 5 aromatic rings. The standard InChI is InChI=1S/C26H21Cl3N6O2/c1-15-24-20(16-4-7-19(37-2)8-5-16)9-10-30-26(24)35(32-15)14-23(36)31-25-22(29)13-34(33-25)12-17-3-6-18(27)11-21(17)28/h3-11,13H,12,14H2,1-2H3,(H,31,33,36). The minimum Gasteiger partial charge on any atom is -0.497 e. The second kappa shape index (κ2) is 10.4. The predicted molar refractivity (Wildman–Crippen MR) is 146 cm³/mol. The van der Waals surface area contributed by atoms with E-state index in [9.17, 15) is 4.79 Å². The molecule has 0 spiro atoms.